The van der Waals surface area contributed by atoms with Crippen molar-refractivity contribution in [1.29, 1.82) is 0 Å². The SMILES string of the molecule is C=C1C=C(C(=O)NC)C=CN1/C(CC)=C(\CCC)c1ccccc1C(=C/C=C(\C)OC)/C(C)=C\C. The highest BCUT2D eigenvalue weighted by Gasteiger charge is 2.21. The van der Waals surface area contributed by atoms with E-state index in [0.29, 0.717) is 5.57 Å². The number of ether oxygens (including phenoxy) is 1. The number of hydrogen-bond donors (Lipinski definition) is 1. The van der Waals surface area contributed by atoms with Gasteiger partial charge in [0.2, 0.25) is 0 Å². The summed E-state index contributed by atoms with van der Waals surface area (Å²) in [6.07, 6.45) is 14.7. The monoisotopic (exact) mass is 472 g/mol. The minimum Gasteiger partial charge on any atom is -0.501 e. The van der Waals surface area contributed by atoms with Gasteiger partial charge in [0.05, 0.1) is 12.9 Å². The van der Waals surface area contributed by atoms with Crippen LogP contribution in [0.2, 0.25) is 0 Å². The Morgan fingerprint density at radius 2 is 1.83 bits per heavy atom. The van der Waals surface area contributed by atoms with Crippen LogP contribution in [0.1, 0.15) is 65.0 Å². The van der Waals surface area contributed by atoms with Gasteiger partial charge in [-0.3, -0.25) is 4.79 Å². The first kappa shape index (κ1) is 27.7. The van der Waals surface area contributed by atoms with Crippen LogP contribution in [-0.2, 0) is 9.53 Å². The normalized spacial score (nSPS) is 15.6. The van der Waals surface area contributed by atoms with Crippen molar-refractivity contribution in [3.05, 3.63) is 107 Å². The van der Waals surface area contributed by atoms with Gasteiger partial charge in [0.1, 0.15) is 0 Å². The third kappa shape index (κ3) is 6.75. The predicted molar refractivity (Wildman–Crippen MR) is 149 cm³/mol. The maximum atomic E-state index is 12.1. The average molecular weight is 473 g/mol. The van der Waals surface area contributed by atoms with E-state index < -0.39 is 0 Å². The van der Waals surface area contributed by atoms with E-state index >= 15 is 0 Å². The summed E-state index contributed by atoms with van der Waals surface area (Å²) in [5, 5.41) is 2.69. The quantitative estimate of drug-likeness (QED) is 0.283. The predicted octanol–water partition coefficient (Wildman–Crippen LogP) is 7.52. The third-order valence-corrected chi connectivity index (χ3v) is 6.20. The fourth-order valence-corrected chi connectivity index (χ4v) is 4.15. The summed E-state index contributed by atoms with van der Waals surface area (Å²) in [5.74, 6) is 0.745. The van der Waals surface area contributed by atoms with Crippen molar-refractivity contribution < 1.29 is 9.53 Å². The summed E-state index contributed by atoms with van der Waals surface area (Å²) in [7, 11) is 3.33. The van der Waals surface area contributed by atoms with E-state index in [0.717, 1.165) is 30.7 Å². The fraction of sp³-hybridized carbons (Fsp3) is 0.323. The zero-order valence-corrected chi connectivity index (χ0v) is 22.4. The molecule has 0 aromatic heterocycles. The van der Waals surface area contributed by atoms with Gasteiger partial charge < -0.3 is 15.0 Å². The van der Waals surface area contributed by atoms with Gasteiger partial charge in [0.25, 0.3) is 5.91 Å². The first-order chi connectivity index (χ1) is 16.8. The van der Waals surface area contributed by atoms with E-state index in [2.05, 4.69) is 80.9 Å². The lowest BCUT2D eigenvalue weighted by molar-refractivity contribution is -0.116. The molecule has 4 heteroatoms. The summed E-state index contributed by atoms with van der Waals surface area (Å²) < 4.78 is 5.38. The first-order valence-electron chi connectivity index (χ1n) is 12.3. The van der Waals surface area contributed by atoms with E-state index in [1.807, 2.05) is 31.4 Å². The minimum atomic E-state index is -0.112. The molecule has 0 unspecified atom stereocenters. The molecule has 2 rings (SSSR count). The highest BCUT2D eigenvalue weighted by Crippen LogP contribution is 2.37. The Balaban J connectivity index is 2.74. The molecule has 1 aromatic rings. The first-order valence-corrected chi connectivity index (χ1v) is 12.3. The number of hydrogen-bond acceptors (Lipinski definition) is 3. The van der Waals surface area contributed by atoms with Crippen LogP contribution in [0.4, 0.5) is 0 Å². The van der Waals surface area contributed by atoms with Gasteiger partial charge in [-0.15, -0.1) is 0 Å². The molecule has 0 saturated carbocycles. The third-order valence-electron chi connectivity index (χ3n) is 6.20. The molecule has 0 atom stereocenters. The number of allylic oxidation sites excluding steroid dienone is 9. The standard InChI is InChI=1S/C31H40N2O2/c1-9-14-29(30(11-3)33-20-19-25(21-23(33)5)31(34)32-7)28-16-13-12-15-27(28)26(22(4)10-2)18-17-24(6)35-8/h10,12-13,15-21H,5,9,11,14H2,1-4,6-8H3,(H,32,34)/b22-10-,24-17+,26-18+,30-29+. The second-order valence-corrected chi connectivity index (χ2v) is 8.46. The summed E-state index contributed by atoms with van der Waals surface area (Å²) >= 11 is 0. The molecule has 0 bridgehead atoms. The molecule has 35 heavy (non-hydrogen) atoms. The number of nitrogens with zero attached hydrogens (tertiary/aromatic N) is 1. The Kier molecular flexibility index (Phi) is 10.6. The largest absolute Gasteiger partial charge is 0.501 e. The van der Waals surface area contributed by atoms with Crippen molar-refractivity contribution in [3.63, 3.8) is 0 Å². The van der Waals surface area contributed by atoms with Crippen molar-refractivity contribution in [3.8, 4) is 0 Å². The summed E-state index contributed by atoms with van der Waals surface area (Å²) in [6.45, 7) is 14.8. The maximum Gasteiger partial charge on any atom is 0.251 e. The number of rotatable bonds is 10. The molecule has 1 aromatic carbocycles. The molecule has 186 valence electrons. The molecular formula is C31H40N2O2. The lowest BCUT2D eigenvalue weighted by Gasteiger charge is -2.30. The minimum absolute atomic E-state index is 0.112. The highest BCUT2D eigenvalue weighted by molar-refractivity contribution is 5.97. The average Bonchev–Trinajstić information content (AvgIpc) is 2.88. The molecule has 1 amide bonds. The van der Waals surface area contributed by atoms with Crippen LogP contribution in [0.5, 0.6) is 0 Å². The topological polar surface area (TPSA) is 41.6 Å². The van der Waals surface area contributed by atoms with Crippen LogP contribution in [0.3, 0.4) is 0 Å². The van der Waals surface area contributed by atoms with Gasteiger partial charge >= 0.3 is 0 Å². The van der Waals surface area contributed by atoms with Crippen LogP contribution in [0.15, 0.2) is 95.7 Å². The zero-order chi connectivity index (χ0) is 26.0. The van der Waals surface area contributed by atoms with Gasteiger partial charge in [0.15, 0.2) is 0 Å². The molecule has 0 spiro atoms. The number of amides is 1. The molecule has 0 radical (unpaired) electrons. The molecule has 4 nitrogen and oxygen atoms in total. The Hall–Kier alpha value is -3.53. The number of nitrogens with one attached hydrogen (secondary N) is 1. The van der Waals surface area contributed by atoms with E-state index in [4.69, 9.17) is 4.74 Å². The van der Waals surface area contributed by atoms with Gasteiger partial charge in [0, 0.05) is 30.2 Å². The zero-order valence-electron chi connectivity index (χ0n) is 22.4. The molecule has 0 saturated heterocycles. The van der Waals surface area contributed by atoms with Gasteiger partial charge in [-0.2, -0.15) is 0 Å². The van der Waals surface area contributed by atoms with Crippen LogP contribution < -0.4 is 5.32 Å². The van der Waals surface area contributed by atoms with Crippen molar-refractivity contribution in [1.82, 2.24) is 10.2 Å². The number of likely N-dealkylation sites (N-methyl/N-ethyl adjacent to an activating group) is 1. The molecule has 1 heterocycles. The Morgan fingerprint density at radius 1 is 1.14 bits per heavy atom. The summed E-state index contributed by atoms with van der Waals surface area (Å²) in [6, 6.07) is 8.60. The second kappa shape index (κ2) is 13.4. The highest BCUT2D eigenvalue weighted by atomic mass is 16.5. The molecule has 1 aliphatic heterocycles. The van der Waals surface area contributed by atoms with E-state index in [1.165, 1.54) is 33.5 Å². The lowest BCUT2D eigenvalue weighted by Crippen LogP contribution is -2.24. The van der Waals surface area contributed by atoms with Crippen molar-refractivity contribution in [2.45, 2.75) is 53.9 Å². The van der Waals surface area contributed by atoms with E-state index in [9.17, 15) is 4.79 Å². The van der Waals surface area contributed by atoms with Crippen molar-refractivity contribution >= 4 is 17.1 Å². The molecular weight excluding hydrogens is 432 g/mol. The Bertz CT molecular complexity index is 1130. The smallest absolute Gasteiger partial charge is 0.251 e. The Labute approximate surface area is 211 Å². The number of benzene rings is 1. The molecule has 0 aliphatic carbocycles. The van der Waals surface area contributed by atoms with Crippen LogP contribution in [0.25, 0.3) is 11.1 Å². The number of carbonyl (C=O) groups is 1. The van der Waals surface area contributed by atoms with E-state index in [-0.39, 0.29) is 5.91 Å². The second-order valence-electron chi connectivity index (χ2n) is 8.46. The molecule has 1 aliphatic rings. The number of carbonyl (C=O) groups excluding carboxylic acids is 1. The van der Waals surface area contributed by atoms with Crippen molar-refractivity contribution in [2.75, 3.05) is 14.2 Å². The lowest BCUT2D eigenvalue weighted by atomic mass is 9.87. The fourth-order valence-electron chi connectivity index (χ4n) is 4.15. The van der Waals surface area contributed by atoms with Crippen LogP contribution in [0, 0.1) is 0 Å². The Morgan fingerprint density at radius 3 is 2.37 bits per heavy atom. The van der Waals surface area contributed by atoms with E-state index in [1.54, 1.807) is 14.2 Å². The van der Waals surface area contributed by atoms with Crippen molar-refractivity contribution in [2.24, 2.45) is 0 Å². The maximum absolute atomic E-state index is 12.1. The van der Waals surface area contributed by atoms with Gasteiger partial charge in [-0.25, -0.2) is 0 Å². The van der Waals surface area contributed by atoms with Gasteiger partial charge in [-0.05, 0) is 79.7 Å². The number of methoxy groups -OCH3 is 1. The molecule has 0 fully saturated rings. The summed E-state index contributed by atoms with van der Waals surface area (Å²) in [4.78, 5) is 14.3. The van der Waals surface area contributed by atoms with Crippen LogP contribution >= 0.6 is 0 Å². The molecule has 1 N–H and O–H groups in total. The van der Waals surface area contributed by atoms with Gasteiger partial charge in [-0.1, -0.05) is 63.3 Å². The summed E-state index contributed by atoms with van der Waals surface area (Å²) in [5.41, 5.74) is 8.63. The van der Waals surface area contributed by atoms with Crippen LogP contribution in [-0.4, -0.2) is 25.0 Å².